The van der Waals surface area contributed by atoms with Crippen LogP contribution in [0.4, 0.5) is 10.9 Å². The summed E-state index contributed by atoms with van der Waals surface area (Å²) in [6.45, 7) is 1.45. The first-order valence-corrected chi connectivity index (χ1v) is 7.23. The van der Waals surface area contributed by atoms with E-state index < -0.39 is 0 Å². The van der Waals surface area contributed by atoms with E-state index in [-0.39, 0.29) is 12.0 Å². The Balaban J connectivity index is 1.85. The Kier molecular flexibility index (Phi) is 4.60. The van der Waals surface area contributed by atoms with E-state index in [4.69, 9.17) is 10.5 Å². The summed E-state index contributed by atoms with van der Waals surface area (Å²) in [6, 6.07) is 0. The molecule has 2 rings (SSSR count). The highest BCUT2D eigenvalue weighted by Crippen LogP contribution is 2.26. The predicted molar refractivity (Wildman–Crippen MR) is 76.8 cm³/mol. The van der Waals surface area contributed by atoms with E-state index in [1.54, 1.807) is 0 Å². The van der Waals surface area contributed by atoms with E-state index in [0.717, 1.165) is 31.0 Å². The van der Waals surface area contributed by atoms with Crippen LogP contribution in [0, 0.1) is 0 Å². The number of carbonyl (C=O) groups excluding carboxylic acids is 1. The topological polar surface area (TPSA) is 80.5 Å². The monoisotopic (exact) mass is 284 g/mol. The highest BCUT2D eigenvalue weighted by atomic mass is 32.1. The van der Waals surface area contributed by atoms with E-state index in [0.29, 0.717) is 17.2 Å². The molecule has 3 N–H and O–H groups in total. The summed E-state index contributed by atoms with van der Waals surface area (Å²) in [6.07, 6.45) is 3.34. The molecule has 7 heteroatoms. The van der Waals surface area contributed by atoms with Gasteiger partial charge in [-0.2, -0.15) is 0 Å². The molecule has 1 atom stereocenters. The number of hydrogen-bond donors (Lipinski definition) is 2. The molecule has 0 aliphatic carbocycles. The first-order valence-electron chi connectivity index (χ1n) is 6.41. The number of nitrogen functional groups attached to an aromatic ring is 1. The zero-order valence-electron chi connectivity index (χ0n) is 11.3. The largest absolute Gasteiger partial charge is 0.382 e. The van der Waals surface area contributed by atoms with Gasteiger partial charge in [-0.15, -0.1) is 0 Å². The van der Waals surface area contributed by atoms with Crippen molar-refractivity contribution in [3.8, 4) is 0 Å². The van der Waals surface area contributed by atoms with Crippen LogP contribution in [0.15, 0.2) is 0 Å². The van der Waals surface area contributed by atoms with Crippen molar-refractivity contribution in [3.63, 3.8) is 0 Å². The molecule has 0 aromatic carbocycles. The standard InChI is InChI=1S/C12H20N4O2S/c1-16(2)12-15-10(13)9(19-12)11(17)14-6-5-8-4-3-7-18-8/h8H,3-7,13H2,1-2H3,(H,14,17). The number of nitrogens with zero attached hydrogens (tertiary/aromatic N) is 2. The van der Waals surface area contributed by atoms with Crippen molar-refractivity contribution in [1.82, 2.24) is 10.3 Å². The van der Waals surface area contributed by atoms with Crippen molar-refractivity contribution >= 4 is 28.2 Å². The number of carbonyl (C=O) groups is 1. The van der Waals surface area contributed by atoms with Crippen LogP contribution in [0.3, 0.4) is 0 Å². The first kappa shape index (κ1) is 14.1. The molecule has 1 fully saturated rings. The van der Waals surface area contributed by atoms with Crippen molar-refractivity contribution in [2.45, 2.75) is 25.4 Å². The van der Waals surface area contributed by atoms with Crippen LogP contribution in [0.25, 0.3) is 0 Å². The van der Waals surface area contributed by atoms with Crippen molar-refractivity contribution < 1.29 is 9.53 Å². The van der Waals surface area contributed by atoms with Gasteiger partial charge in [0, 0.05) is 27.2 Å². The average Bonchev–Trinajstić information content (AvgIpc) is 2.98. The zero-order valence-corrected chi connectivity index (χ0v) is 12.1. The summed E-state index contributed by atoms with van der Waals surface area (Å²) < 4.78 is 5.51. The van der Waals surface area contributed by atoms with Gasteiger partial charge in [0.05, 0.1) is 6.10 Å². The van der Waals surface area contributed by atoms with Crippen LogP contribution in [-0.4, -0.2) is 44.2 Å². The third-order valence-corrected chi connectivity index (χ3v) is 4.24. The molecule has 1 aliphatic heterocycles. The molecule has 1 aromatic rings. The molecule has 1 amide bonds. The smallest absolute Gasteiger partial charge is 0.265 e. The fourth-order valence-electron chi connectivity index (χ4n) is 1.97. The van der Waals surface area contributed by atoms with E-state index in [2.05, 4.69) is 10.3 Å². The van der Waals surface area contributed by atoms with E-state index in [9.17, 15) is 4.79 Å². The minimum absolute atomic E-state index is 0.152. The quantitative estimate of drug-likeness (QED) is 0.846. The second-order valence-electron chi connectivity index (χ2n) is 4.78. The summed E-state index contributed by atoms with van der Waals surface area (Å²) >= 11 is 1.30. The molecule has 0 saturated carbocycles. The molecular weight excluding hydrogens is 264 g/mol. The first-order chi connectivity index (χ1) is 9.08. The number of amides is 1. The summed E-state index contributed by atoms with van der Waals surface area (Å²) in [5, 5.41) is 3.61. The lowest BCUT2D eigenvalue weighted by Gasteiger charge is -2.09. The van der Waals surface area contributed by atoms with Gasteiger partial charge in [0.15, 0.2) is 5.13 Å². The highest BCUT2D eigenvalue weighted by Gasteiger charge is 2.18. The highest BCUT2D eigenvalue weighted by molar-refractivity contribution is 7.18. The summed E-state index contributed by atoms with van der Waals surface area (Å²) in [5.74, 6) is 0.143. The van der Waals surface area contributed by atoms with E-state index in [1.807, 2.05) is 19.0 Å². The van der Waals surface area contributed by atoms with E-state index >= 15 is 0 Å². The van der Waals surface area contributed by atoms with Gasteiger partial charge in [0.1, 0.15) is 10.7 Å². The summed E-state index contributed by atoms with van der Waals surface area (Å²) in [7, 11) is 3.74. The maximum Gasteiger partial charge on any atom is 0.265 e. The Morgan fingerprint density at radius 3 is 3.00 bits per heavy atom. The molecule has 0 spiro atoms. The molecule has 106 valence electrons. The number of nitrogens with one attached hydrogen (secondary N) is 1. The number of anilines is 2. The minimum Gasteiger partial charge on any atom is -0.382 e. The molecule has 6 nitrogen and oxygen atoms in total. The number of thiazole rings is 1. The van der Waals surface area contributed by atoms with Crippen molar-refractivity contribution in [1.29, 1.82) is 0 Å². The second-order valence-corrected chi connectivity index (χ2v) is 5.76. The molecule has 19 heavy (non-hydrogen) atoms. The Morgan fingerprint density at radius 1 is 1.63 bits per heavy atom. The van der Waals surface area contributed by atoms with Crippen LogP contribution < -0.4 is 16.0 Å². The minimum atomic E-state index is -0.152. The maximum atomic E-state index is 12.0. The van der Waals surface area contributed by atoms with Crippen LogP contribution in [0.2, 0.25) is 0 Å². The van der Waals surface area contributed by atoms with Gasteiger partial charge in [0.2, 0.25) is 0 Å². The lowest BCUT2D eigenvalue weighted by molar-refractivity contribution is 0.0911. The Hall–Kier alpha value is -1.34. The fraction of sp³-hybridized carbons (Fsp3) is 0.667. The Morgan fingerprint density at radius 2 is 2.42 bits per heavy atom. The molecule has 1 unspecified atom stereocenters. The SMILES string of the molecule is CN(C)c1nc(N)c(C(=O)NCCC2CCCO2)s1. The average molecular weight is 284 g/mol. The van der Waals surface area contributed by atoms with Crippen LogP contribution >= 0.6 is 11.3 Å². The second kappa shape index (κ2) is 6.21. The lowest BCUT2D eigenvalue weighted by Crippen LogP contribution is -2.27. The third kappa shape index (κ3) is 3.57. The number of aromatic nitrogens is 1. The molecule has 1 aromatic heterocycles. The van der Waals surface area contributed by atoms with Crippen LogP contribution in [-0.2, 0) is 4.74 Å². The molecule has 0 radical (unpaired) electrons. The fourth-order valence-corrected chi connectivity index (χ4v) is 2.80. The van der Waals surface area contributed by atoms with Gasteiger partial charge >= 0.3 is 0 Å². The van der Waals surface area contributed by atoms with Gasteiger partial charge in [-0.25, -0.2) is 4.98 Å². The van der Waals surface area contributed by atoms with Crippen LogP contribution in [0.5, 0.6) is 0 Å². The summed E-state index contributed by atoms with van der Waals surface area (Å²) in [5.41, 5.74) is 5.76. The predicted octanol–water partition coefficient (Wildman–Crippen LogP) is 1.09. The zero-order chi connectivity index (χ0) is 13.8. The van der Waals surface area contributed by atoms with Gasteiger partial charge in [-0.05, 0) is 19.3 Å². The number of hydrogen-bond acceptors (Lipinski definition) is 6. The van der Waals surface area contributed by atoms with E-state index in [1.165, 1.54) is 11.3 Å². The molecule has 1 aliphatic rings. The third-order valence-electron chi connectivity index (χ3n) is 3.01. The molecule has 1 saturated heterocycles. The van der Waals surface area contributed by atoms with Crippen LogP contribution in [0.1, 0.15) is 28.9 Å². The molecule has 2 heterocycles. The van der Waals surface area contributed by atoms with Gasteiger partial charge in [-0.1, -0.05) is 11.3 Å². The number of nitrogens with two attached hydrogens (primary N) is 1. The van der Waals surface area contributed by atoms with Crippen molar-refractivity contribution in [2.24, 2.45) is 0 Å². The Bertz CT molecular complexity index is 441. The number of ether oxygens (including phenoxy) is 1. The normalized spacial score (nSPS) is 18.5. The maximum absolute atomic E-state index is 12.0. The Labute approximate surface area is 116 Å². The lowest BCUT2D eigenvalue weighted by atomic mass is 10.2. The van der Waals surface area contributed by atoms with Gasteiger partial charge in [-0.3, -0.25) is 4.79 Å². The summed E-state index contributed by atoms with van der Waals surface area (Å²) in [4.78, 5) is 18.5. The number of rotatable bonds is 5. The molecule has 0 bridgehead atoms. The van der Waals surface area contributed by atoms with Gasteiger partial charge in [0.25, 0.3) is 5.91 Å². The van der Waals surface area contributed by atoms with Crippen molar-refractivity contribution in [2.75, 3.05) is 37.9 Å². The van der Waals surface area contributed by atoms with Crippen molar-refractivity contribution in [3.05, 3.63) is 4.88 Å². The molecular formula is C12H20N4O2S. The van der Waals surface area contributed by atoms with Gasteiger partial charge < -0.3 is 20.7 Å².